The molecule has 7 heteroatoms. The second-order valence-electron chi connectivity index (χ2n) is 6.07. The average molecular weight is 345 g/mol. The number of aryl methyl sites for hydroxylation is 1. The number of anilines is 2. The lowest BCUT2D eigenvalue weighted by Crippen LogP contribution is -2.29. The number of piperidine rings is 1. The Morgan fingerprint density at radius 2 is 1.92 bits per heavy atom. The van der Waals surface area contributed by atoms with E-state index >= 15 is 0 Å². The van der Waals surface area contributed by atoms with Gasteiger partial charge >= 0.3 is 0 Å². The smallest absolute Gasteiger partial charge is 0.237 e. The van der Waals surface area contributed by atoms with Gasteiger partial charge in [0.15, 0.2) is 5.16 Å². The molecule has 1 atom stereocenters. The third kappa shape index (κ3) is 4.08. The molecule has 0 unspecified atom stereocenters. The van der Waals surface area contributed by atoms with Crippen LogP contribution in [-0.4, -0.2) is 39.0 Å². The number of hydrogen-bond acceptors (Lipinski definition) is 5. The predicted octanol–water partition coefficient (Wildman–Crippen LogP) is 2.92. The molecule has 0 spiro atoms. The number of rotatable bonds is 5. The zero-order valence-corrected chi connectivity index (χ0v) is 14.9. The van der Waals surface area contributed by atoms with Gasteiger partial charge in [0.1, 0.15) is 6.33 Å². The molecule has 1 aromatic carbocycles. The maximum Gasteiger partial charge on any atom is 0.237 e. The molecule has 1 fully saturated rings. The van der Waals surface area contributed by atoms with Gasteiger partial charge in [0, 0.05) is 31.5 Å². The van der Waals surface area contributed by atoms with Crippen molar-refractivity contribution >= 4 is 29.0 Å². The zero-order valence-electron chi connectivity index (χ0n) is 14.1. The number of thioether (sulfide) groups is 1. The first-order valence-corrected chi connectivity index (χ1v) is 9.18. The fourth-order valence-electron chi connectivity index (χ4n) is 2.74. The SMILES string of the molecule is C[C@@H](Sc1nncn1C)C(=O)Nc1ccc(N2CCCCC2)cc1. The minimum atomic E-state index is -0.241. The van der Waals surface area contributed by atoms with Crippen LogP contribution >= 0.6 is 11.8 Å². The number of aromatic nitrogens is 3. The van der Waals surface area contributed by atoms with Crippen LogP contribution in [0.1, 0.15) is 26.2 Å². The van der Waals surface area contributed by atoms with Gasteiger partial charge in [-0.15, -0.1) is 10.2 Å². The normalized spacial score (nSPS) is 16.0. The van der Waals surface area contributed by atoms with Crippen molar-refractivity contribution in [2.45, 2.75) is 36.6 Å². The summed E-state index contributed by atoms with van der Waals surface area (Å²) in [6, 6.07) is 8.12. The molecule has 1 aromatic heterocycles. The van der Waals surface area contributed by atoms with E-state index in [1.165, 1.54) is 36.7 Å². The van der Waals surface area contributed by atoms with Gasteiger partial charge < -0.3 is 14.8 Å². The van der Waals surface area contributed by atoms with Gasteiger partial charge in [-0.1, -0.05) is 11.8 Å². The number of nitrogens with zero attached hydrogens (tertiary/aromatic N) is 4. The second kappa shape index (κ2) is 7.70. The summed E-state index contributed by atoms with van der Waals surface area (Å²) in [6.45, 7) is 4.12. The van der Waals surface area contributed by atoms with E-state index in [0.717, 1.165) is 23.9 Å². The van der Waals surface area contributed by atoms with Crippen LogP contribution in [0.4, 0.5) is 11.4 Å². The molecule has 6 nitrogen and oxygen atoms in total. The van der Waals surface area contributed by atoms with Crippen molar-refractivity contribution < 1.29 is 4.79 Å². The monoisotopic (exact) mass is 345 g/mol. The zero-order chi connectivity index (χ0) is 16.9. The van der Waals surface area contributed by atoms with Crippen molar-refractivity contribution in [2.24, 2.45) is 7.05 Å². The van der Waals surface area contributed by atoms with Crippen molar-refractivity contribution in [1.82, 2.24) is 14.8 Å². The highest BCUT2D eigenvalue weighted by atomic mass is 32.2. The minimum absolute atomic E-state index is 0.0336. The highest BCUT2D eigenvalue weighted by Crippen LogP contribution is 2.24. The number of hydrogen-bond donors (Lipinski definition) is 1. The van der Waals surface area contributed by atoms with E-state index in [0.29, 0.717) is 0 Å². The highest BCUT2D eigenvalue weighted by Gasteiger charge is 2.17. The number of carbonyl (C=O) groups excluding carboxylic acids is 1. The maximum absolute atomic E-state index is 12.3. The van der Waals surface area contributed by atoms with Crippen LogP contribution in [0.2, 0.25) is 0 Å². The molecule has 2 aromatic rings. The second-order valence-corrected chi connectivity index (χ2v) is 7.38. The molecular formula is C17H23N5OS. The Morgan fingerprint density at radius 1 is 1.21 bits per heavy atom. The first kappa shape index (κ1) is 16.8. The largest absolute Gasteiger partial charge is 0.372 e. The van der Waals surface area contributed by atoms with Crippen molar-refractivity contribution in [3.8, 4) is 0 Å². The lowest BCUT2D eigenvalue weighted by atomic mass is 10.1. The third-order valence-electron chi connectivity index (χ3n) is 4.18. The molecule has 1 saturated heterocycles. The van der Waals surface area contributed by atoms with Gasteiger partial charge in [0.25, 0.3) is 0 Å². The number of carbonyl (C=O) groups is 1. The Bertz CT molecular complexity index is 679. The summed E-state index contributed by atoms with van der Waals surface area (Å²) >= 11 is 1.40. The lowest BCUT2D eigenvalue weighted by molar-refractivity contribution is -0.115. The van der Waals surface area contributed by atoms with E-state index in [1.807, 2.05) is 30.7 Å². The topological polar surface area (TPSA) is 63.1 Å². The van der Waals surface area contributed by atoms with Crippen LogP contribution < -0.4 is 10.2 Å². The van der Waals surface area contributed by atoms with Gasteiger partial charge in [-0.2, -0.15) is 0 Å². The molecule has 0 bridgehead atoms. The molecular weight excluding hydrogens is 322 g/mol. The summed E-state index contributed by atoms with van der Waals surface area (Å²) in [5, 5.41) is 11.3. The van der Waals surface area contributed by atoms with E-state index in [9.17, 15) is 4.79 Å². The van der Waals surface area contributed by atoms with Gasteiger partial charge in [-0.25, -0.2) is 0 Å². The third-order valence-corrected chi connectivity index (χ3v) is 5.33. The summed E-state index contributed by atoms with van der Waals surface area (Å²) < 4.78 is 1.81. The van der Waals surface area contributed by atoms with Crippen LogP contribution in [0.15, 0.2) is 35.7 Å². The fourth-order valence-corrected chi connectivity index (χ4v) is 3.53. The molecule has 1 aliphatic heterocycles. The lowest BCUT2D eigenvalue weighted by Gasteiger charge is -2.28. The Kier molecular flexibility index (Phi) is 5.40. The standard InChI is InChI=1S/C17H23N5OS/c1-13(24-17-20-18-12-21(17)2)16(23)19-14-6-8-15(9-7-14)22-10-4-3-5-11-22/h6-9,12-13H,3-5,10-11H2,1-2H3,(H,19,23)/t13-/m1/s1. The summed E-state index contributed by atoms with van der Waals surface area (Å²) in [6.07, 6.45) is 5.47. The van der Waals surface area contributed by atoms with E-state index < -0.39 is 0 Å². The van der Waals surface area contributed by atoms with E-state index in [-0.39, 0.29) is 11.2 Å². The highest BCUT2D eigenvalue weighted by molar-refractivity contribution is 8.00. The Morgan fingerprint density at radius 3 is 2.54 bits per heavy atom. The molecule has 2 heterocycles. The first-order chi connectivity index (χ1) is 11.6. The van der Waals surface area contributed by atoms with Crippen molar-refractivity contribution in [1.29, 1.82) is 0 Å². The molecule has 1 amide bonds. The summed E-state index contributed by atoms with van der Waals surface area (Å²) in [5.41, 5.74) is 2.06. The van der Waals surface area contributed by atoms with E-state index in [4.69, 9.17) is 0 Å². The van der Waals surface area contributed by atoms with Gasteiger partial charge in [0.2, 0.25) is 5.91 Å². The predicted molar refractivity (Wildman–Crippen MR) is 97.5 cm³/mol. The minimum Gasteiger partial charge on any atom is -0.372 e. The fraction of sp³-hybridized carbons (Fsp3) is 0.471. The van der Waals surface area contributed by atoms with E-state index in [1.54, 1.807) is 6.33 Å². The van der Waals surface area contributed by atoms with Gasteiger partial charge in [0.05, 0.1) is 5.25 Å². The van der Waals surface area contributed by atoms with Gasteiger partial charge in [-0.05, 0) is 50.5 Å². The van der Waals surface area contributed by atoms with Crippen LogP contribution in [0, 0.1) is 0 Å². The van der Waals surface area contributed by atoms with Gasteiger partial charge in [-0.3, -0.25) is 4.79 Å². The maximum atomic E-state index is 12.3. The van der Waals surface area contributed by atoms with Crippen LogP contribution in [0.5, 0.6) is 0 Å². The molecule has 0 radical (unpaired) electrons. The van der Waals surface area contributed by atoms with Crippen molar-refractivity contribution in [3.63, 3.8) is 0 Å². The van der Waals surface area contributed by atoms with Crippen molar-refractivity contribution in [2.75, 3.05) is 23.3 Å². The van der Waals surface area contributed by atoms with E-state index in [2.05, 4.69) is 32.5 Å². The Balaban J connectivity index is 1.56. The Labute approximate surface area is 146 Å². The number of amides is 1. The first-order valence-electron chi connectivity index (χ1n) is 8.30. The molecule has 1 N–H and O–H groups in total. The summed E-state index contributed by atoms with van der Waals surface area (Å²) in [5.74, 6) is -0.0336. The molecule has 3 rings (SSSR count). The Hall–Kier alpha value is -2.02. The van der Waals surface area contributed by atoms with Crippen LogP contribution in [0.3, 0.4) is 0 Å². The number of benzene rings is 1. The van der Waals surface area contributed by atoms with Crippen molar-refractivity contribution in [3.05, 3.63) is 30.6 Å². The molecule has 0 aliphatic carbocycles. The molecule has 24 heavy (non-hydrogen) atoms. The molecule has 128 valence electrons. The van der Waals surface area contributed by atoms with Crippen LogP contribution in [0.25, 0.3) is 0 Å². The quantitative estimate of drug-likeness (QED) is 0.844. The molecule has 1 aliphatic rings. The summed E-state index contributed by atoms with van der Waals surface area (Å²) in [4.78, 5) is 14.7. The summed E-state index contributed by atoms with van der Waals surface area (Å²) in [7, 11) is 1.87. The number of nitrogens with one attached hydrogen (secondary N) is 1. The average Bonchev–Trinajstić information content (AvgIpc) is 3.01. The van der Waals surface area contributed by atoms with Crippen LogP contribution in [-0.2, 0) is 11.8 Å². The molecule has 0 saturated carbocycles.